The van der Waals surface area contributed by atoms with E-state index in [0.717, 1.165) is 31.2 Å². The van der Waals surface area contributed by atoms with Gasteiger partial charge in [0.05, 0.1) is 5.41 Å². The molecular formula is C21H23ClN2O2. The number of amides is 2. The number of carbonyl (C=O) groups is 2. The number of hydrogen-bond acceptors (Lipinski definition) is 2. The Morgan fingerprint density at radius 2 is 1.85 bits per heavy atom. The maximum atomic E-state index is 13.0. The third-order valence-corrected chi connectivity index (χ3v) is 5.21. The summed E-state index contributed by atoms with van der Waals surface area (Å²) in [5, 5.41) is 6.51. The van der Waals surface area contributed by atoms with Gasteiger partial charge in [-0.2, -0.15) is 0 Å². The van der Waals surface area contributed by atoms with E-state index in [1.54, 1.807) is 18.2 Å². The summed E-state index contributed by atoms with van der Waals surface area (Å²) in [4.78, 5) is 25.1. The van der Waals surface area contributed by atoms with Crippen LogP contribution in [0.3, 0.4) is 0 Å². The molecule has 5 heteroatoms. The quantitative estimate of drug-likeness (QED) is 0.784. The van der Waals surface area contributed by atoms with Gasteiger partial charge in [-0.3, -0.25) is 9.59 Å². The predicted octanol–water partition coefficient (Wildman–Crippen LogP) is 4.54. The van der Waals surface area contributed by atoms with Crippen LogP contribution in [-0.4, -0.2) is 18.4 Å². The first-order chi connectivity index (χ1) is 12.5. The first-order valence-corrected chi connectivity index (χ1v) is 9.39. The molecule has 0 atom stereocenters. The lowest BCUT2D eigenvalue weighted by atomic mass is 9.64. The Morgan fingerprint density at radius 1 is 1.12 bits per heavy atom. The van der Waals surface area contributed by atoms with Gasteiger partial charge in [0.2, 0.25) is 5.91 Å². The van der Waals surface area contributed by atoms with Crippen LogP contribution >= 0.6 is 11.6 Å². The smallest absolute Gasteiger partial charge is 0.251 e. The number of anilines is 1. The molecule has 0 aromatic heterocycles. The fraction of sp³-hybridized carbons (Fsp3) is 0.333. The van der Waals surface area contributed by atoms with Gasteiger partial charge in [-0.1, -0.05) is 43.1 Å². The lowest BCUT2D eigenvalue weighted by Gasteiger charge is -2.40. The van der Waals surface area contributed by atoms with E-state index in [4.69, 9.17) is 11.6 Å². The molecule has 4 nitrogen and oxygen atoms in total. The van der Waals surface area contributed by atoms with Gasteiger partial charge in [-0.15, -0.1) is 0 Å². The summed E-state index contributed by atoms with van der Waals surface area (Å²) in [6.45, 7) is 2.64. The summed E-state index contributed by atoms with van der Waals surface area (Å²) in [6, 6.07) is 14.6. The van der Waals surface area contributed by atoms with Crippen LogP contribution in [0.25, 0.3) is 0 Å². The summed E-state index contributed by atoms with van der Waals surface area (Å²) in [6.07, 6.45) is 3.54. The molecule has 1 aliphatic rings. The average Bonchev–Trinajstić information content (AvgIpc) is 2.60. The number of nitrogens with one attached hydrogen (secondary N) is 2. The molecule has 1 saturated carbocycles. The van der Waals surface area contributed by atoms with Crippen molar-refractivity contribution in [1.29, 1.82) is 0 Å². The zero-order chi connectivity index (χ0) is 18.6. The Balaban J connectivity index is 1.76. The van der Waals surface area contributed by atoms with Crippen LogP contribution in [0.1, 0.15) is 48.5 Å². The number of carbonyl (C=O) groups excluding carboxylic acids is 2. The highest BCUT2D eigenvalue weighted by Gasteiger charge is 2.45. The van der Waals surface area contributed by atoms with Gasteiger partial charge in [0.25, 0.3) is 5.91 Å². The molecule has 136 valence electrons. The fourth-order valence-electron chi connectivity index (χ4n) is 3.28. The highest BCUT2D eigenvalue weighted by Crippen LogP contribution is 2.44. The van der Waals surface area contributed by atoms with Gasteiger partial charge in [0.15, 0.2) is 0 Å². The molecule has 0 radical (unpaired) electrons. The SMILES string of the molecule is CCCNC(=O)c1cccc(NC(=O)C2(c3ccc(Cl)cc3)CCC2)c1. The van der Waals surface area contributed by atoms with E-state index in [0.29, 0.717) is 22.8 Å². The Morgan fingerprint density at radius 3 is 2.46 bits per heavy atom. The van der Waals surface area contributed by atoms with Gasteiger partial charge in [-0.25, -0.2) is 0 Å². The second kappa shape index (κ2) is 7.92. The summed E-state index contributed by atoms with van der Waals surface area (Å²) in [5.74, 6) is -0.156. The van der Waals surface area contributed by atoms with Gasteiger partial charge in [0, 0.05) is 22.8 Å². The third-order valence-electron chi connectivity index (χ3n) is 4.96. The molecule has 0 spiro atoms. The van der Waals surface area contributed by atoms with E-state index < -0.39 is 5.41 Å². The zero-order valence-electron chi connectivity index (χ0n) is 14.8. The van der Waals surface area contributed by atoms with Crippen molar-refractivity contribution in [3.8, 4) is 0 Å². The molecule has 0 unspecified atom stereocenters. The van der Waals surface area contributed by atoms with Crippen molar-refractivity contribution in [2.24, 2.45) is 0 Å². The van der Waals surface area contributed by atoms with E-state index in [9.17, 15) is 9.59 Å². The van der Waals surface area contributed by atoms with Gasteiger partial charge < -0.3 is 10.6 Å². The third kappa shape index (κ3) is 3.75. The molecule has 0 bridgehead atoms. The standard InChI is InChI=1S/C21H23ClN2O2/c1-2-13-23-19(25)15-5-3-6-18(14-15)24-20(26)21(11-4-12-21)16-7-9-17(22)10-8-16/h3,5-10,14H,2,4,11-13H2,1H3,(H,23,25)(H,24,26). The Labute approximate surface area is 158 Å². The maximum Gasteiger partial charge on any atom is 0.251 e. The normalized spacial score (nSPS) is 15.0. The molecule has 1 fully saturated rings. The highest BCUT2D eigenvalue weighted by atomic mass is 35.5. The van der Waals surface area contributed by atoms with Crippen molar-refractivity contribution in [2.45, 2.75) is 38.0 Å². The van der Waals surface area contributed by atoms with Crippen LogP contribution in [0.2, 0.25) is 5.02 Å². The van der Waals surface area contributed by atoms with Gasteiger partial charge >= 0.3 is 0 Å². The summed E-state index contributed by atoms with van der Waals surface area (Å²) >= 11 is 5.98. The van der Waals surface area contributed by atoms with Crippen LogP contribution in [0.4, 0.5) is 5.69 Å². The topological polar surface area (TPSA) is 58.2 Å². The molecule has 0 heterocycles. The monoisotopic (exact) mass is 370 g/mol. The van der Waals surface area contributed by atoms with E-state index in [-0.39, 0.29) is 11.8 Å². The Kier molecular flexibility index (Phi) is 5.62. The second-order valence-electron chi connectivity index (χ2n) is 6.73. The predicted molar refractivity (Wildman–Crippen MR) is 105 cm³/mol. The van der Waals surface area contributed by atoms with Crippen molar-refractivity contribution in [1.82, 2.24) is 5.32 Å². The van der Waals surface area contributed by atoms with Crippen molar-refractivity contribution in [3.63, 3.8) is 0 Å². The second-order valence-corrected chi connectivity index (χ2v) is 7.17. The van der Waals surface area contributed by atoms with E-state index in [1.807, 2.05) is 37.3 Å². The fourth-order valence-corrected chi connectivity index (χ4v) is 3.40. The van der Waals surface area contributed by atoms with Crippen molar-refractivity contribution >= 4 is 29.1 Å². The molecule has 3 rings (SSSR count). The van der Waals surface area contributed by atoms with Crippen LogP contribution in [0.15, 0.2) is 48.5 Å². The first kappa shape index (κ1) is 18.5. The number of hydrogen-bond donors (Lipinski definition) is 2. The van der Waals surface area contributed by atoms with Crippen molar-refractivity contribution < 1.29 is 9.59 Å². The molecule has 0 aliphatic heterocycles. The van der Waals surface area contributed by atoms with Crippen LogP contribution in [-0.2, 0) is 10.2 Å². The van der Waals surface area contributed by atoms with Crippen molar-refractivity contribution in [3.05, 3.63) is 64.7 Å². The summed E-state index contributed by atoms with van der Waals surface area (Å²) < 4.78 is 0. The van der Waals surface area contributed by atoms with Crippen LogP contribution < -0.4 is 10.6 Å². The molecule has 1 aliphatic carbocycles. The molecule has 2 amide bonds. The first-order valence-electron chi connectivity index (χ1n) is 9.01. The Hall–Kier alpha value is -2.33. The lowest BCUT2D eigenvalue weighted by molar-refractivity contribution is -0.124. The van der Waals surface area contributed by atoms with Crippen LogP contribution in [0.5, 0.6) is 0 Å². The van der Waals surface area contributed by atoms with Crippen molar-refractivity contribution in [2.75, 3.05) is 11.9 Å². The molecular weight excluding hydrogens is 348 g/mol. The zero-order valence-corrected chi connectivity index (χ0v) is 15.6. The average molecular weight is 371 g/mol. The Bertz CT molecular complexity index is 798. The lowest BCUT2D eigenvalue weighted by Crippen LogP contribution is -2.46. The van der Waals surface area contributed by atoms with E-state index >= 15 is 0 Å². The minimum Gasteiger partial charge on any atom is -0.352 e. The maximum absolute atomic E-state index is 13.0. The van der Waals surface area contributed by atoms with E-state index in [2.05, 4.69) is 10.6 Å². The highest BCUT2D eigenvalue weighted by molar-refractivity contribution is 6.30. The molecule has 26 heavy (non-hydrogen) atoms. The number of rotatable bonds is 6. The molecule has 2 aromatic carbocycles. The number of benzene rings is 2. The van der Waals surface area contributed by atoms with Gasteiger partial charge in [-0.05, 0) is 55.2 Å². The summed E-state index contributed by atoms with van der Waals surface area (Å²) in [5.41, 5.74) is 1.66. The minimum absolute atomic E-state index is 0.0304. The van der Waals surface area contributed by atoms with Crippen LogP contribution in [0, 0.1) is 0 Å². The minimum atomic E-state index is -0.509. The van der Waals surface area contributed by atoms with Gasteiger partial charge in [0.1, 0.15) is 0 Å². The molecule has 2 aromatic rings. The van der Waals surface area contributed by atoms with E-state index in [1.165, 1.54) is 0 Å². The molecule has 0 saturated heterocycles. The largest absolute Gasteiger partial charge is 0.352 e. The molecule has 2 N–H and O–H groups in total. The summed E-state index contributed by atoms with van der Waals surface area (Å²) in [7, 11) is 0. The number of halogens is 1.